The third-order valence-corrected chi connectivity index (χ3v) is 2.60. The number of hydrogen-bond acceptors (Lipinski definition) is 4. The molecule has 0 bridgehead atoms. The van der Waals surface area contributed by atoms with Gasteiger partial charge in [-0.15, -0.1) is 6.58 Å². The summed E-state index contributed by atoms with van der Waals surface area (Å²) >= 11 is 0. The van der Waals surface area contributed by atoms with E-state index in [2.05, 4.69) is 16.8 Å². The summed E-state index contributed by atoms with van der Waals surface area (Å²) in [5, 5.41) is 2.89. The van der Waals surface area contributed by atoms with Crippen molar-refractivity contribution in [2.75, 3.05) is 20.1 Å². The predicted molar refractivity (Wildman–Crippen MR) is 61.1 cm³/mol. The highest BCUT2D eigenvalue weighted by Gasteiger charge is 2.27. The number of carbonyl (C=O) groups excluding carboxylic acids is 1. The number of likely N-dealkylation sites (tertiary alicyclic amines) is 1. The van der Waals surface area contributed by atoms with Gasteiger partial charge in [0.2, 0.25) is 0 Å². The number of nitrogens with zero attached hydrogens (tertiary/aromatic N) is 1. The van der Waals surface area contributed by atoms with Crippen molar-refractivity contribution in [1.82, 2.24) is 10.2 Å². The van der Waals surface area contributed by atoms with Gasteiger partial charge in [0, 0.05) is 44.9 Å². The lowest BCUT2D eigenvalue weighted by atomic mass is 9.98. The summed E-state index contributed by atoms with van der Waals surface area (Å²) in [6.45, 7) is 5.26. The van der Waals surface area contributed by atoms with Crippen molar-refractivity contribution < 1.29 is 4.79 Å². The normalized spacial score (nSPS) is 23.9. The second-order valence-electron chi connectivity index (χ2n) is 3.73. The molecule has 1 rings (SSSR count). The van der Waals surface area contributed by atoms with Crippen LogP contribution < -0.4 is 11.1 Å². The van der Waals surface area contributed by atoms with Crippen LogP contribution in [0.3, 0.4) is 0 Å². The molecule has 0 saturated carbocycles. The summed E-state index contributed by atoms with van der Waals surface area (Å²) in [6.07, 6.45) is 4.73. The van der Waals surface area contributed by atoms with E-state index in [4.69, 9.17) is 5.73 Å². The minimum atomic E-state index is 0.0247. The number of carbonyl (C=O) groups is 1. The van der Waals surface area contributed by atoms with E-state index < -0.39 is 0 Å². The predicted octanol–water partition coefficient (Wildman–Crippen LogP) is 0.225. The maximum absolute atomic E-state index is 11.4. The smallest absolute Gasteiger partial charge is 0.136 e. The molecule has 1 aliphatic heterocycles. The van der Waals surface area contributed by atoms with Crippen LogP contribution in [-0.2, 0) is 4.79 Å². The first-order valence-electron chi connectivity index (χ1n) is 5.18. The summed E-state index contributed by atoms with van der Waals surface area (Å²) in [4.78, 5) is 13.6. The van der Waals surface area contributed by atoms with Crippen molar-refractivity contribution in [3.8, 4) is 0 Å². The Hall–Kier alpha value is -1.29. The Bertz CT molecular complexity index is 273. The van der Waals surface area contributed by atoms with Gasteiger partial charge in [0.15, 0.2) is 0 Å². The summed E-state index contributed by atoms with van der Waals surface area (Å²) in [5.41, 5.74) is 6.63. The molecule has 15 heavy (non-hydrogen) atoms. The van der Waals surface area contributed by atoms with Gasteiger partial charge in [0.1, 0.15) is 5.78 Å². The minimum absolute atomic E-state index is 0.0247. The van der Waals surface area contributed by atoms with Crippen LogP contribution in [0.15, 0.2) is 24.6 Å². The zero-order chi connectivity index (χ0) is 11.3. The van der Waals surface area contributed by atoms with Crippen molar-refractivity contribution in [1.29, 1.82) is 0 Å². The van der Waals surface area contributed by atoms with Gasteiger partial charge in [-0.05, 0) is 0 Å². The van der Waals surface area contributed by atoms with Crippen molar-refractivity contribution in [3.05, 3.63) is 24.6 Å². The Morgan fingerprint density at radius 2 is 2.53 bits per heavy atom. The molecule has 0 spiro atoms. The van der Waals surface area contributed by atoms with Crippen molar-refractivity contribution in [2.24, 2.45) is 5.73 Å². The highest BCUT2D eigenvalue weighted by molar-refractivity contribution is 5.80. The highest BCUT2D eigenvalue weighted by Crippen LogP contribution is 2.17. The van der Waals surface area contributed by atoms with Crippen LogP contribution in [-0.4, -0.2) is 36.9 Å². The molecule has 0 aromatic carbocycles. The van der Waals surface area contributed by atoms with Gasteiger partial charge in [-0.2, -0.15) is 0 Å². The van der Waals surface area contributed by atoms with Gasteiger partial charge in [0.05, 0.1) is 6.04 Å². The molecule has 4 heteroatoms. The Balaban J connectivity index is 2.73. The van der Waals surface area contributed by atoms with E-state index in [9.17, 15) is 4.79 Å². The van der Waals surface area contributed by atoms with Crippen LogP contribution in [0, 0.1) is 0 Å². The van der Waals surface area contributed by atoms with Crippen LogP contribution in [0.4, 0.5) is 0 Å². The molecule has 0 aromatic rings. The maximum atomic E-state index is 11.4. The Labute approximate surface area is 90.8 Å². The lowest BCUT2D eigenvalue weighted by Gasteiger charge is -2.34. The fraction of sp³-hybridized carbons (Fsp3) is 0.545. The Kier molecular flexibility index (Phi) is 4.37. The van der Waals surface area contributed by atoms with Crippen LogP contribution in [0.5, 0.6) is 0 Å². The third-order valence-electron chi connectivity index (χ3n) is 2.60. The minimum Gasteiger partial charge on any atom is -0.400 e. The van der Waals surface area contributed by atoms with E-state index in [-0.39, 0.29) is 11.8 Å². The fourth-order valence-electron chi connectivity index (χ4n) is 1.85. The molecule has 0 aromatic heterocycles. The van der Waals surface area contributed by atoms with Crippen LogP contribution in [0.2, 0.25) is 0 Å². The van der Waals surface area contributed by atoms with Crippen LogP contribution in [0.25, 0.3) is 0 Å². The molecule has 0 amide bonds. The van der Waals surface area contributed by atoms with Crippen LogP contribution in [0.1, 0.15) is 12.8 Å². The lowest BCUT2D eigenvalue weighted by Crippen LogP contribution is -2.45. The van der Waals surface area contributed by atoms with Gasteiger partial charge < -0.3 is 11.1 Å². The van der Waals surface area contributed by atoms with Crippen molar-refractivity contribution in [3.63, 3.8) is 0 Å². The number of ketones is 1. The summed E-state index contributed by atoms with van der Waals surface area (Å²) in [5.74, 6) is 0.285. The number of piperidine rings is 1. The third kappa shape index (κ3) is 3.09. The molecular weight excluding hydrogens is 190 g/mol. The van der Waals surface area contributed by atoms with Gasteiger partial charge in [-0.25, -0.2) is 0 Å². The molecule has 1 atom stereocenters. The first kappa shape index (κ1) is 11.8. The van der Waals surface area contributed by atoms with E-state index in [1.165, 1.54) is 0 Å². The second kappa shape index (κ2) is 5.56. The molecule has 1 aliphatic rings. The zero-order valence-electron chi connectivity index (χ0n) is 9.20. The van der Waals surface area contributed by atoms with E-state index in [0.29, 0.717) is 18.5 Å². The van der Waals surface area contributed by atoms with Crippen molar-refractivity contribution >= 4 is 5.78 Å². The van der Waals surface area contributed by atoms with E-state index in [1.807, 2.05) is 6.08 Å². The molecule has 84 valence electrons. The topological polar surface area (TPSA) is 58.4 Å². The van der Waals surface area contributed by atoms with Crippen LogP contribution >= 0.6 is 0 Å². The standard InChI is InChI=1S/C11H19N3O/c1-3-5-14-6-4-9(15)7-11(14)10(12)8-13-2/h3,8,11,13H,1,4-7,12H2,2H3/b10-8-/t11-/m0/s1. The molecule has 0 aliphatic carbocycles. The Morgan fingerprint density at radius 3 is 3.13 bits per heavy atom. The quantitative estimate of drug-likeness (QED) is 0.651. The SMILES string of the molecule is C=CCN1CCC(=O)C[C@H]1/C(N)=C/NC. The van der Waals surface area contributed by atoms with Crippen molar-refractivity contribution in [2.45, 2.75) is 18.9 Å². The number of Topliss-reactive ketones (excluding diaryl/α,β-unsaturated/α-hetero) is 1. The molecule has 1 saturated heterocycles. The largest absolute Gasteiger partial charge is 0.400 e. The molecule has 0 unspecified atom stereocenters. The zero-order valence-corrected chi connectivity index (χ0v) is 9.20. The summed E-state index contributed by atoms with van der Waals surface area (Å²) < 4.78 is 0. The van der Waals surface area contributed by atoms with Gasteiger partial charge in [0.25, 0.3) is 0 Å². The summed E-state index contributed by atoms with van der Waals surface area (Å²) in [7, 11) is 1.80. The number of rotatable bonds is 4. The number of hydrogen-bond donors (Lipinski definition) is 2. The maximum Gasteiger partial charge on any atom is 0.136 e. The van der Waals surface area contributed by atoms with Gasteiger partial charge in [-0.1, -0.05) is 6.08 Å². The highest BCUT2D eigenvalue weighted by atomic mass is 16.1. The molecule has 1 heterocycles. The lowest BCUT2D eigenvalue weighted by molar-refractivity contribution is -0.122. The Morgan fingerprint density at radius 1 is 1.80 bits per heavy atom. The molecule has 0 radical (unpaired) electrons. The number of nitrogens with one attached hydrogen (secondary N) is 1. The monoisotopic (exact) mass is 209 g/mol. The molecular formula is C11H19N3O. The van der Waals surface area contributed by atoms with E-state index >= 15 is 0 Å². The average Bonchev–Trinajstić information content (AvgIpc) is 2.21. The van der Waals surface area contributed by atoms with E-state index in [1.54, 1.807) is 13.2 Å². The van der Waals surface area contributed by atoms with Gasteiger partial charge in [-0.3, -0.25) is 9.69 Å². The molecule has 3 N–H and O–H groups in total. The number of nitrogens with two attached hydrogens (primary N) is 1. The van der Waals surface area contributed by atoms with E-state index in [0.717, 1.165) is 13.1 Å². The average molecular weight is 209 g/mol. The molecule has 4 nitrogen and oxygen atoms in total. The van der Waals surface area contributed by atoms with Gasteiger partial charge >= 0.3 is 0 Å². The summed E-state index contributed by atoms with van der Waals surface area (Å²) in [6, 6.07) is 0.0247. The first-order chi connectivity index (χ1) is 7.19. The molecule has 1 fully saturated rings. The fourth-order valence-corrected chi connectivity index (χ4v) is 1.85. The second-order valence-corrected chi connectivity index (χ2v) is 3.73. The first-order valence-corrected chi connectivity index (χ1v) is 5.18.